The van der Waals surface area contributed by atoms with Crippen LogP contribution in [0, 0.1) is 0 Å². The maximum atomic E-state index is 5.76. The Bertz CT molecular complexity index is 326. The average molecular weight is 211 g/mol. The predicted molar refractivity (Wildman–Crippen MR) is 55.9 cm³/mol. The maximum absolute atomic E-state index is 5.76. The van der Waals surface area contributed by atoms with Gasteiger partial charge in [-0.05, 0) is 7.05 Å². The lowest BCUT2D eigenvalue weighted by Gasteiger charge is -2.42. The molecular formula is C10H17N3O2. The molecule has 1 saturated carbocycles. The smallest absolute Gasteiger partial charge is 0.157 e. The summed E-state index contributed by atoms with van der Waals surface area (Å²) >= 11 is 0. The molecule has 5 nitrogen and oxygen atoms in total. The molecule has 0 amide bonds. The van der Waals surface area contributed by atoms with Crippen LogP contribution >= 0.6 is 0 Å². The van der Waals surface area contributed by atoms with E-state index in [1.165, 1.54) is 0 Å². The van der Waals surface area contributed by atoms with E-state index < -0.39 is 0 Å². The monoisotopic (exact) mass is 211 g/mol. The third-order valence-electron chi connectivity index (χ3n) is 2.86. The third kappa shape index (κ3) is 1.98. The number of hydrogen-bond donors (Lipinski definition) is 1. The van der Waals surface area contributed by atoms with Crippen LogP contribution in [0.3, 0.4) is 0 Å². The van der Waals surface area contributed by atoms with Gasteiger partial charge in [-0.15, -0.1) is 0 Å². The standard InChI is InChI=1S/C10H17N3O2/c1-11-8-4-9(10(8)14-3)15-7-5-12-13(2)6-7/h5-6,8-11H,4H2,1-3H3. The van der Waals surface area contributed by atoms with Crippen LogP contribution in [0.5, 0.6) is 5.75 Å². The topological polar surface area (TPSA) is 48.3 Å². The molecule has 1 aliphatic carbocycles. The summed E-state index contributed by atoms with van der Waals surface area (Å²) in [7, 11) is 5.53. The first-order valence-corrected chi connectivity index (χ1v) is 5.10. The first kappa shape index (κ1) is 10.4. The molecule has 3 atom stereocenters. The molecule has 3 unspecified atom stereocenters. The van der Waals surface area contributed by atoms with E-state index in [4.69, 9.17) is 9.47 Å². The molecule has 0 spiro atoms. The van der Waals surface area contributed by atoms with Crippen molar-refractivity contribution in [2.24, 2.45) is 7.05 Å². The van der Waals surface area contributed by atoms with E-state index in [0.717, 1.165) is 12.2 Å². The van der Waals surface area contributed by atoms with Crippen molar-refractivity contribution in [3.63, 3.8) is 0 Å². The van der Waals surface area contributed by atoms with E-state index in [1.54, 1.807) is 18.0 Å². The van der Waals surface area contributed by atoms with E-state index in [-0.39, 0.29) is 12.2 Å². The van der Waals surface area contributed by atoms with E-state index in [9.17, 15) is 0 Å². The number of methoxy groups -OCH3 is 1. The summed E-state index contributed by atoms with van der Waals surface area (Å²) in [6, 6.07) is 0.400. The molecule has 1 fully saturated rings. The Morgan fingerprint density at radius 3 is 2.93 bits per heavy atom. The minimum Gasteiger partial charge on any atom is -0.484 e. The summed E-state index contributed by atoms with van der Waals surface area (Å²) in [5.74, 6) is 0.805. The predicted octanol–water partition coefficient (Wildman–Crippen LogP) is 0.174. The highest BCUT2D eigenvalue weighted by molar-refractivity contribution is 5.14. The second-order valence-electron chi connectivity index (χ2n) is 3.84. The fourth-order valence-corrected chi connectivity index (χ4v) is 1.93. The van der Waals surface area contributed by atoms with Gasteiger partial charge in [0.25, 0.3) is 0 Å². The van der Waals surface area contributed by atoms with Gasteiger partial charge in [-0.2, -0.15) is 5.10 Å². The molecule has 0 bridgehead atoms. The maximum Gasteiger partial charge on any atom is 0.157 e. The molecule has 0 aliphatic heterocycles. The van der Waals surface area contributed by atoms with Crippen LogP contribution in [0.25, 0.3) is 0 Å². The Kier molecular flexibility index (Phi) is 2.93. The van der Waals surface area contributed by atoms with E-state index >= 15 is 0 Å². The fourth-order valence-electron chi connectivity index (χ4n) is 1.93. The highest BCUT2D eigenvalue weighted by Gasteiger charge is 2.42. The van der Waals surface area contributed by atoms with Gasteiger partial charge in [0.15, 0.2) is 5.75 Å². The largest absolute Gasteiger partial charge is 0.484 e. The van der Waals surface area contributed by atoms with Crippen LogP contribution < -0.4 is 10.1 Å². The van der Waals surface area contributed by atoms with Crippen molar-refractivity contribution in [1.29, 1.82) is 0 Å². The first-order chi connectivity index (χ1) is 7.24. The number of hydrogen-bond acceptors (Lipinski definition) is 4. The Morgan fingerprint density at radius 1 is 1.60 bits per heavy atom. The summed E-state index contributed by atoms with van der Waals surface area (Å²) in [4.78, 5) is 0. The van der Waals surface area contributed by atoms with Gasteiger partial charge in [-0.3, -0.25) is 4.68 Å². The molecule has 15 heavy (non-hydrogen) atoms. The lowest BCUT2D eigenvalue weighted by Crippen LogP contribution is -2.60. The molecule has 0 radical (unpaired) electrons. The molecule has 2 rings (SSSR count). The molecule has 1 heterocycles. The summed E-state index contributed by atoms with van der Waals surface area (Å²) < 4.78 is 12.9. The molecule has 0 aromatic carbocycles. The summed E-state index contributed by atoms with van der Waals surface area (Å²) in [6.07, 6.45) is 4.83. The van der Waals surface area contributed by atoms with Crippen LogP contribution in [0.1, 0.15) is 6.42 Å². The van der Waals surface area contributed by atoms with Crippen LogP contribution in [0.15, 0.2) is 12.4 Å². The molecule has 5 heteroatoms. The minimum absolute atomic E-state index is 0.134. The highest BCUT2D eigenvalue weighted by atomic mass is 16.5. The van der Waals surface area contributed by atoms with Crippen molar-refractivity contribution in [2.75, 3.05) is 14.2 Å². The lowest BCUT2D eigenvalue weighted by molar-refractivity contribution is -0.0869. The van der Waals surface area contributed by atoms with E-state index in [1.807, 2.05) is 20.3 Å². The number of nitrogens with one attached hydrogen (secondary N) is 1. The van der Waals surface area contributed by atoms with E-state index in [0.29, 0.717) is 6.04 Å². The number of ether oxygens (including phenoxy) is 2. The zero-order chi connectivity index (χ0) is 10.8. The highest BCUT2D eigenvalue weighted by Crippen LogP contribution is 2.28. The fraction of sp³-hybridized carbons (Fsp3) is 0.700. The Hall–Kier alpha value is -1.07. The Labute approximate surface area is 89.4 Å². The van der Waals surface area contributed by atoms with Crippen LogP contribution in [-0.2, 0) is 11.8 Å². The molecule has 0 saturated heterocycles. The van der Waals surface area contributed by atoms with Gasteiger partial charge < -0.3 is 14.8 Å². The van der Waals surface area contributed by atoms with Crippen molar-refractivity contribution < 1.29 is 9.47 Å². The van der Waals surface area contributed by atoms with Crippen LogP contribution in [0.2, 0.25) is 0 Å². The van der Waals surface area contributed by atoms with Crippen molar-refractivity contribution in [2.45, 2.75) is 24.7 Å². The quantitative estimate of drug-likeness (QED) is 0.771. The minimum atomic E-state index is 0.134. The van der Waals surface area contributed by atoms with Gasteiger partial charge in [0, 0.05) is 26.6 Å². The Morgan fingerprint density at radius 2 is 2.40 bits per heavy atom. The van der Waals surface area contributed by atoms with Crippen molar-refractivity contribution in [3.05, 3.63) is 12.4 Å². The second kappa shape index (κ2) is 4.20. The van der Waals surface area contributed by atoms with Gasteiger partial charge in [-0.25, -0.2) is 0 Å². The SMILES string of the molecule is CNC1CC(Oc2cnn(C)c2)C1OC. The average Bonchev–Trinajstić information content (AvgIpc) is 2.58. The zero-order valence-corrected chi connectivity index (χ0v) is 9.30. The van der Waals surface area contributed by atoms with Crippen LogP contribution in [0.4, 0.5) is 0 Å². The second-order valence-corrected chi connectivity index (χ2v) is 3.84. The van der Waals surface area contributed by atoms with Gasteiger partial charge in [0.2, 0.25) is 0 Å². The van der Waals surface area contributed by atoms with Crippen molar-refractivity contribution in [1.82, 2.24) is 15.1 Å². The third-order valence-corrected chi connectivity index (χ3v) is 2.86. The van der Waals surface area contributed by atoms with Crippen LogP contribution in [-0.4, -0.2) is 42.2 Å². The van der Waals surface area contributed by atoms with Gasteiger partial charge >= 0.3 is 0 Å². The molecule has 1 N–H and O–H groups in total. The lowest BCUT2D eigenvalue weighted by atomic mass is 9.85. The zero-order valence-electron chi connectivity index (χ0n) is 9.30. The molecule has 1 aromatic heterocycles. The number of likely N-dealkylation sites (N-methyl/N-ethyl adjacent to an activating group) is 1. The van der Waals surface area contributed by atoms with Gasteiger partial charge in [0.05, 0.1) is 12.4 Å². The summed E-state index contributed by atoms with van der Waals surface area (Å²) in [5, 5.41) is 7.25. The van der Waals surface area contributed by atoms with E-state index in [2.05, 4.69) is 10.4 Å². The molecule has 1 aromatic rings. The first-order valence-electron chi connectivity index (χ1n) is 5.10. The summed E-state index contributed by atoms with van der Waals surface area (Å²) in [6.45, 7) is 0. The molecule has 84 valence electrons. The van der Waals surface area contributed by atoms with Gasteiger partial charge in [-0.1, -0.05) is 0 Å². The number of aryl methyl sites for hydroxylation is 1. The number of rotatable bonds is 4. The molecular weight excluding hydrogens is 194 g/mol. The summed E-state index contributed by atoms with van der Waals surface area (Å²) in [5.41, 5.74) is 0. The number of nitrogens with zero attached hydrogens (tertiary/aromatic N) is 2. The van der Waals surface area contributed by atoms with Crippen molar-refractivity contribution >= 4 is 0 Å². The Balaban J connectivity index is 1.91. The molecule has 1 aliphatic rings. The van der Waals surface area contributed by atoms with Crippen molar-refractivity contribution in [3.8, 4) is 5.75 Å². The van der Waals surface area contributed by atoms with Gasteiger partial charge in [0.1, 0.15) is 12.2 Å². The number of aromatic nitrogens is 2. The normalized spacial score (nSPS) is 29.9.